The van der Waals surface area contributed by atoms with Crippen molar-refractivity contribution < 1.29 is 9.59 Å². The molecule has 0 radical (unpaired) electrons. The molecule has 22 heavy (non-hydrogen) atoms. The fourth-order valence-corrected chi connectivity index (χ4v) is 2.76. The molecule has 1 aromatic rings. The smallest absolute Gasteiger partial charge is 0.240 e. The molecule has 0 bridgehead atoms. The Morgan fingerprint density at radius 2 is 1.68 bits per heavy atom. The summed E-state index contributed by atoms with van der Waals surface area (Å²) in [6.45, 7) is 9.97. The number of hydrogen-bond donors (Lipinski definition) is 2. The summed E-state index contributed by atoms with van der Waals surface area (Å²) in [5.41, 5.74) is 3.20. The Bertz CT molecular complexity index is 580. The second-order valence-corrected chi connectivity index (χ2v) is 6.59. The molecule has 4 nitrogen and oxygen atoms in total. The van der Waals surface area contributed by atoms with Gasteiger partial charge in [0.15, 0.2) is 0 Å². The zero-order chi connectivity index (χ0) is 16.5. The van der Waals surface area contributed by atoms with Gasteiger partial charge in [-0.1, -0.05) is 24.6 Å². The van der Waals surface area contributed by atoms with Crippen LogP contribution in [0.1, 0.15) is 49.8 Å². The molecule has 2 N–H and O–H groups in total. The lowest BCUT2D eigenvalue weighted by Crippen LogP contribution is -2.43. The Balaban J connectivity index is 2.14. The zero-order valence-corrected chi connectivity index (χ0v) is 14.2. The summed E-state index contributed by atoms with van der Waals surface area (Å²) in [7, 11) is 0. The van der Waals surface area contributed by atoms with Crippen LogP contribution >= 0.6 is 0 Å². The monoisotopic (exact) mass is 302 g/mol. The lowest BCUT2D eigenvalue weighted by atomic mass is 10.0. The van der Waals surface area contributed by atoms with Gasteiger partial charge in [0, 0.05) is 11.7 Å². The van der Waals surface area contributed by atoms with Gasteiger partial charge in [-0.05, 0) is 58.1 Å². The molecule has 1 aliphatic carbocycles. The van der Waals surface area contributed by atoms with Gasteiger partial charge < -0.3 is 10.6 Å². The van der Waals surface area contributed by atoms with Crippen LogP contribution in [0.2, 0.25) is 0 Å². The number of benzene rings is 1. The fraction of sp³-hybridized carbons (Fsp3) is 0.556. The molecule has 1 fully saturated rings. The second kappa shape index (κ2) is 6.11. The summed E-state index contributed by atoms with van der Waals surface area (Å²) in [6.07, 6.45) is 2.12. The first-order valence-electron chi connectivity index (χ1n) is 8.00. The Kier molecular flexibility index (Phi) is 4.59. The molecule has 4 heteroatoms. The molecule has 120 valence electrons. The highest BCUT2D eigenvalue weighted by Crippen LogP contribution is 2.47. The molecule has 0 aromatic heterocycles. The maximum Gasteiger partial charge on any atom is 0.240 e. The van der Waals surface area contributed by atoms with E-state index in [-0.39, 0.29) is 17.9 Å². The van der Waals surface area contributed by atoms with Crippen LogP contribution in [0.5, 0.6) is 0 Å². The van der Waals surface area contributed by atoms with E-state index in [1.54, 1.807) is 0 Å². The van der Waals surface area contributed by atoms with Crippen LogP contribution in [0, 0.1) is 26.2 Å². The topological polar surface area (TPSA) is 58.2 Å². The van der Waals surface area contributed by atoms with Crippen LogP contribution in [0.3, 0.4) is 0 Å². The van der Waals surface area contributed by atoms with E-state index >= 15 is 0 Å². The number of hydrogen-bond acceptors (Lipinski definition) is 2. The minimum absolute atomic E-state index is 0.0978. The van der Waals surface area contributed by atoms with Gasteiger partial charge in [-0.15, -0.1) is 0 Å². The van der Waals surface area contributed by atoms with Crippen LogP contribution in [0.15, 0.2) is 12.1 Å². The molecule has 0 aliphatic heterocycles. The van der Waals surface area contributed by atoms with E-state index in [1.165, 1.54) is 5.56 Å². The Morgan fingerprint density at radius 1 is 1.14 bits per heavy atom. The predicted molar refractivity (Wildman–Crippen MR) is 88.8 cm³/mol. The fourth-order valence-electron chi connectivity index (χ4n) is 2.76. The van der Waals surface area contributed by atoms with Crippen molar-refractivity contribution in [2.75, 3.05) is 5.32 Å². The quantitative estimate of drug-likeness (QED) is 0.820. The van der Waals surface area contributed by atoms with Crippen LogP contribution in [-0.4, -0.2) is 17.9 Å². The molecule has 2 rings (SSSR count). The van der Waals surface area contributed by atoms with Crippen molar-refractivity contribution in [2.24, 2.45) is 5.41 Å². The number of anilines is 1. The Morgan fingerprint density at radius 3 is 2.14 bits per heavy atom. The Labute approximate surface area is 132 Å². The van der Waals surface area contributed by atoms with E-state index in [2.05, 4.69) is 10.6 Å². The SMILES string of the molecule is CCC(C)NC(=O)C1(C(=O)Nc2c(C)cc(C)cc2C)CC1. The molecule has 1 aromatic carbocycles. The lowest BCUT2D eigenvalue weighted by Gasteiger charge is -2.20. The molecular weight excluding hydrogens is 276 g/mol. The van der Waals surface area contributed by atoms with E-state index < -0.39 is 5.41 Å². The standard InChI is InChI=1S/C18H26N2O2/c1-6-14(5)19-16(21)18(7-8-18)17(22)20-15-12(3)9-11(2)10-13(15)4/h9-10,14H,6-8H2,1-5H3,(H,19,21)(H,20,22). The number of carbonyl (C=O) groups is 2. The van der Waals surface area contributed by atoms with E-state index in [0.717, 1.165) is 23.2 Å². The van der Waals surface area contributed by atoms with Gasteiger partial charge in [-0.3, -0.25) is 9.59 Å². The molecule has 2 amide bonds. The van der Waals surface area contributed by atoms with Crippen molar-refractivity contribution >= 4 is 17.5 Å². The molecule has 1 atom stereocenters. The summed E-state index contributed by atoms with van der Waals surface area (Å²) in [4.78, 5) is 25.0. The summed E-state index contributed by atoms with van der Waals surface area (Å²) in [5.74, 6) is -0.315. The second-order valence-electron chi connectivity index (χ2n) is 6.59. The van der Waals surface area contributed by atoms with Crippen molar-refractivity contribution in [1.29, 1.82) is 0 Å². The molecule has 0 spiro atoms. The van der Waals surface area contributed by atoms with Crippen molar-refractivity contribution in [2.45, 2.75) is 59.9 Å². The maximum atomic E-state index is 12.6. The zero-order valence-electron chi connectivity index (χ0n) is 14.2. The van der Waals surface area contributed by atoms with E-state index in [1.807, 2.05) is 46.8 Å². The first-order valence-corrected chi connectivity index (χ1v) is 8.00. The van der Waals surface area contributed by atoms with Gasteiger partial charge in [0.2, 0.25) is 11.8 Å². The van der Waals surface area contributed by atoms with Crippen LogP contribution in [-0.2, 0) is 9.59 Å². The summed E-state index contributed by atoms with van der Waals surface area (Å²) in [5, 5.41) is 5.92. The van der Waals surface area contributed by atoms with Gasteiger partial charge >= 0.3 is 0 Å². The average Bonchev–Trinajstić information content (AvgIpc) is 3.23. The molecule has 1 saturated carbocycles. The number of amides is 2. The van der Waals surface area contributed by atoms with E-state index in [9.17, 15) is 9.59 Å². The molecule has 0 saturated heterocycles. The molecular formula is C18H26N2O2. The van der Waals surface area contributed by atoms with Gasteiger partial charge in [0.1, 0.15) is 5.41 Å². The first kappa shape index (κ1) is 16.5. The normalized spacial score (nSPS) is 16.8. The lowest BCUT2D eigenvalue weighted by molar-refractivity contribution is -0.134. The van der Waals surface area contributed by atoms with Crippen LogP contribution in [0.4, 0.5) is 5.69 Å². The third-order valence-electron chi connectivity index (χ3n) is 4.52. The number of nitrogens with one attached hydrogen (secondary N) is 2. The third-order valence-corrected chi connectivity index (χ3v) is 4.52. The van der Waals surface area contributed by atoms with Gasteiger partial charge in [0.25, 0.3) is 0 Å². The highest BCUT2D eigenvalue weighted by atomic mass is 16.2. The minimum Gasteiger partial charge on any atom is -0.353 e. The highest BCUT2D eigenvalue weighted by molar-refractivity contribution is 6.13. The largest absolute Gasteiger partial charge is 0.353 e. The van der Waals surface area contributed by atoms with E-state index in [4.69, 9.17) is 0 Å². The summed E-state index contributed by atoms with van der Waals surface area (Å²) < 4.78 is 0. The number of rotatable bonds is 5. The molecule has 0 heterocycles. The number of aryl methyl sites for hydroxylation is 3. The highest BCUT2D eigenvalue weighted by Gasteiger charge is 2.56. The van der Waals surface area contributed by atoms with E-state index in [0.29, 0.717) is 12.8 Å². The Hall–Kier alpha value is -1.84. The van der Waals surface area contributed by atoms with Gasteiger partial charge in [-0.25, -0.2) is 0 Å². The first-order chi connectivity index (χ1) is 10.3. The average molecular weight is 302 g/mol. The van der Waals surface area contributed by atoms with Crippen molar-refractivity contribution in [3.05, 3.63) is 28.8 Å². The predicted octanol–water partition coefficient (Wildman–Crippen LogP) is 3.25. The molecule has 1 aliphatic rings. The van der Waals surface area contributed by atoms with Crippen molar-refractivity contribution in [3.8, 4) is 0 Å². The minimum atomic E-state index is -0.868. The van der Waals surface area contributed by atoms with Crippen molar-refractivity contribution in [3.63, 3.8) is 0 Å². The van der Waals surface area contributed by atoms with Crippen molar-refractivity contribution in [1.82, 2.24) is 5.32 Å². The van der Waals surface area contributed by atoms with Gasteiger partial charge in [-0.2, -0.15) is 0 Å². The van der Waals surface area contributed by atoms with Crippen LogP contribution in [0.25, 0.3) is 0 Å². The maximum absolute atomic E-state index is 12.6. The summed E-state index contributed by atoms with van der Waals surface area (Å²) in [6, 6.07) is 4.18. The molecule has 1 unspecified atom stereocenters. The summed E-state index contributed by atoms with van der Waals surface area (Å²) >= 11 is 0. The van der Waals surface area contributed by atoms with Crippen LogP contribution < -0.4 is 10.6 Å². The van der Waals surface area contributed by atoms with Gasteiger partial charge in [0.05, 0.1) is 0 Å². The third kappa shape index (κ3) is 3.16. The number of carbonyl (C=O) groups excluding carboxylic acids is 2.